The van der Waals surface area contributed by atoms with Crippen molar-refractivity contribution >= 4 is 0 Å². The molecule has 1 aromatic carbocycles. The number of rotatable bonds is 7. The fraction of sp³-hybridized carbons (Fsp3) is 0.500. The van der Waals surface area contributed by atoms with Crippen molar-refractivity contribution in [2.45, 2.75) is 19.6 Å². The summed E-state index contributed by atoms with van der Waals surface area (Å²) in [6.45, 7) is 3.08. The monoisotopic (exact) mass is 209 g/mol. The molecule has 1 aromatic rings. The van der Waals surface area contributed by atoms with Gasteiger partial charge in [-0.05, 0) is 12.5 Å². The molecule has 0 saturated heterocycles. The Morgan fingerprint density at radius 3 is 2.67 bits per heavy atom. The lowest BCUT2D eigenvalue weighted by atomic mass is 10.2. The summed E-state index contributed by atoms with van der Waals surface area (Å²) in [6.07, 6.45) is -0.0114. The molecule has 0 aliphatic carbocycles. The maximum absolute atomic E-state index is 10.2. The molecule has 15 heavy (non-hydrogen) atoms. The molecule has 0 aromatic heterocycles. The van der Waals surface area contributed by atoms with Crippen LogP contribution in [0.3, 0.4) is 0 Å². The smallest absolute Gasteiger partial charge is 0.106 e. The van der Waals surface area contributed by atoms with Crippen LogP contribution in [0, 0.1) is 0 Å². The van der Waals surface area contributed by atoms with Gasteiger partial charge in [0, 0.05) is 0 Å². The average molecular weight is 209 g/mol. The zero-order chi connectivity index (χ0) is 10.9. The largest absolute Gasteiger partial charge is 0.374 e. The van der Waals surface area contributed by atoms with Crippen LogP contribution in [-0.2, 0) is 21.2 Å². The standard InChI is InChI=1S/C12H17O3/c1-11(15-8-7-13)9-14-10-12-5-3-2-4-6-12/h2-6,11H,7-10H2,1H3/t11-/m0/s1. The second-order valence-corrected chi connectivity index (χ2v) is 3.39. The second-order valence-electron chi connectivity index (χ2n) is 3.39. The highest BCUT2D eigenvalue weighted by Crippen LogP contribution is 2.01. The zero-order valence-corrected chi connectivity index (χ0v) is 9.02. The number of hydrogen-bond donors (Lipinski definition) is 0. The molecule has 3 nitrogen and oxygen atoms in total. The number of hydrogen-bond acceptors (Lipinski definition) is 2. The fourth-order valence-electron chi connectivity index (χ4n) is 1.21. The van der Waals surface area contributed by atoms with Gasteiger partial charge in [0.05, 0.1) is 25.9 Å². The van der Waals surface area contributed by atoms with E-state index in [1.54, 1.807) is 0 Å². The van der Waals surface area contributed by atoms with E-state index < -0.39 is 0 Å². The van der Waals surface area contributed by atoms with Crippen molar-refractivity contribution in [3.05, 3.63) is 35.9 Å². The Bertz CT molecular complexity index is 248. The molecule has 0 unspecified atom stereocenters. The third-order valence-corrected chi connectivity index (χ3v) is 1.95. The predicted octanol–water partition coefficient (Wildman–Crippen LogP) is 2.04. The maximum Gasteiger partial charge on any atom is 0.106 e. The van der Waals surface area contributed by atoms with Crippen LogP contribution in [0.1, 0.15) is 12.5 Å². The van der Waals surface area contributed by atoms with Gasteiger partial charge in [0.25, 0.3) is 0 Å². The lowest BCUT2D eigenvalue weighted by Gasteiger charge is -2.12. The Hall–Kier alpha value is -0.900. The molecule has 0 bridgehead atoms. The van der Waals surface area contributed by atoms with Crippen molar-refractivity contribution in [1.82, 2.24) is 0 Å². The Morgan fingerprint density at radius 1 is 1.27 bits per heavy atom. The Balaban J connectivity index is 2.11. The van der Waals surface area contributed by atoms with Crippen LogP contribution in [0.2, 0.25) is 0 Å². The van der Waals surface area contributed by atoms with Crippen LogP contribution in [0.4, 0.5) is 0 Å². The van der Waals surface area contributed by atoms with Crippen molar-refractivity contribution in [3.63, 3.8) is 0 Å². The number of ether oxygens (including phenoxy) is 2. The van der Waals surface area contributed by atoms with Gasteiger partial charge in [-0.1, -0.05) is 30.3 Å². The molecule has 0 aliphatic heterocycles. The lowest BCUT2D eigenvalue weighted by Crippen LogP contribution is -2.17. The summed E-state index contributed by atoms with van der Waals surface area (Å²) in [5.74, 6) is 0. The van der Waals surface area contributed by atoms with E-state index in [9.17, 15) is 5.11 Å². The van der Waals surface area contributed by atoms with Crippen LogP contribution in [0.15, 0.2) is 30.3 Å². The topological polar surface area (TPSA) is 38.4 Å². The van der Waals surface area contributed by atoms with E-state index in [4.69, 9.17) is 9.47 Å². The van der Waals surface area contributed by atoms with E-state index in [0.717, 1.165) is 5.56 Å². The molecule has 1 radical (unpaired) electrons. The third-order valence-electron chi connectivity index (χ3n) is 1.95. The minimum Gasteiger partial charge on any atom is -0.374 e. The van der Waals surface area contributed by atoms with Gasteiger partial charge in [-0.15, -0.1) is 0 Å². The summed E-state index contributed by atoms with van der Waals surface area (Å²) in [6, 6.07) is 9.97. The molecule has 0 aliphatic rings. The molecule has 83 valence electrons. The Labute approximate surface area is 90.6 Å². The van der Waals surface area contributed by atoms with Gasteiger partial charge in [-0.2, -0.15) is 0 Å². The normalized spacial score (nSPS) is 12.7. The molecule has 0 saturated carbocycles. The SMILES string of the molecule is C[C@@H](COCc1ccccc1)OCC[O]. The van der Waals surface area contributed by atoms with Gasteiger partial charge in [0.1, 0.15) is 6.61 Å². The first-order chi connectivity index (χ1) is 7.33. The summed E-state index contributed by atoms with van der Waals surface area (Å²) >= 11 is 0. The summed E-state index contributed by atoms with van der Waals surface area (Å²) < 4.78 is 10.6. The van der Waals surface area contributed by atoms with Gasteiger partial charge in [-0.25, -0.2) is 5.11 Å². The van der Waals surface area contributed by atoms with Crippen LogP contribution < -0.4 is 0 Å². The van der Waals surface area contributed by atoms with E-state index in [1.807, 2.05) is 37.3 Å². The molecular formula is C12H17O3. The van der Waals surface area contributed by atoms with E-state index in [1.165, 1.54) is 0 Å². The fourth-order valence-corrected chi connectivity index (χ4v) is 1.21. The van der Waals surface area contributed by atoms with Crippen molar-refractivity contribution in [2.75, 3.05) is 19.8 Å². The van der Waals surface area contributed by atoms with Crippen molar-refractivity contribution < 1.29 is 14.6 Å². The van der Waals surface area contributed by atoms with E-state index in [0.29, 0.717) is 13.2 Å². The van der Waals surface area contributed by atoms with Gasteiger partial charge >= 0.3 is 0 Å². The molecule has 0 fully saturated rings. The quantitative estimate of drug-likeness (QED) is 0.689. The summed E-state index contributed by atoms with van der Waals surface area (Å²) in [5, 5.41) is 10.2. The van der Waals surface area contributed by atoms with Gasteiger partial charge < -0.3 is 9.47 Å². The van der Waals surface area contributed by atoms with Crippen molar-refractivity contribution in [3.8, 4) is 0 Å². The first-order valence-electron chi connectivity index (χ1n) is 5.14. The zero-order valence-electron chi connectivity index (χ0n) is 9.02. The summed E-state index contributed by atoms with van der Waals surface area (Å²) in [4.78, 5) is 0. The Morgan fingerprint density at radius 2 is 2.00 bits per heavy atom. The molecule has 1 rings (SSSR count). The van der Waals surface area contributed by atoms with Gasteiger partial charge in [0.15, 0.2) is 0 Å². The van der Waals surface area contributed by atoms with Crippen molar-refractivity contribution in [2.24, 2.45) is 0 Å². The molecule has 1 atom stereocenters. The minimum absolute atomic E-state index is 0.0114. The first-order valence-corrected chi connectivity index (χ1v) is 5.14. The van der Waals surface area contributed by atoms with Crippen LogP contribution in [0.5, 0.6) is 0 Å². The first kappa shape index (κ1) is 12.2. The molecule has 0 N–H and O–H groups in total. The molecule has 0 spiro atoms. The van der Waals surface area contributed by atoms with Gasteiger partial charge in [-0.3, -0.25) is 0 Å². The molecule has 0 amide bonds. The highest BCUT2D eigenvalue weighted by Gasteiger charge is 2.01. The summed E-state index contributed by atoms with van der Waals surface area (Å²) in [5.41, 5.74) is 1.15. The molecular weight excluding hydrogens is 192 g/mol. The minimum atomic E-state index is -0.191. The second kappa shape index (κ2) is 7.40. The van der Waals surface area contributed by atoms with Crippen LogP contribution in [0.25, 0.3) is 0 Å². The van der Waals surface area contributed by atoms with Crippen LogP contribution >= 0.6 is 0 Å². The third kappa shape index (κ3) is 5.52. The van der Waals surface area contributed by atoms with E-state index in [2.05, 4.69) is 0 Å². The number of benzene rings is 1. The molecule has 3 heteroatoms. The van der Waals surface area contributed by atoms with Crippen LogP contribution in [-0.4, -0.2) is 25.9 Å². The Kier molecular flexibility index (Phi) is 6.00. The van der Waals surface area contributed by atoms with E-state index in [-0.39, 0.29) is 19.3 Å². The molecule has 0 heterocycles. The van der Waals surface area contributed by atoms with Gasteiger partial charge in [0.2, 0.25) is 0 Å². The lowest BCUT2D eigenvalue weighted by molar-refractivity contribution is -0.0306. The average Bonchev–Trinajstić information content (AvgIpc) is 2.28. The van der Waals surface area contributed by atoms with Crippen molar-refractivity contribution in [1.29, 1.82) is 0 Å². The highest BCUT2D eigenvalue weighted by atomic mass is 16.5. The highest BCUT2D eigenvalue weighted by molar-refractivity contribution is 5.13. The predicted molar refractivity (Wildman–Crippen MR) is 57.1 cm³/mol. The van der Waals surface area contributed by atoms with E-state index >= 15 is 0 Å². The summed E-state index contributed by atoms with van der Waals surface area (Å²) in [7, 11) is 0. The maximum atomic E-state index is 10.2.